The van der Waals surface area contributed by atoms with Gasteiger partial charge in [-0.15, -0.1) is 12.3 Å². The second kappa shape index (κ2) is 9.57. The van der Waals surface area contributed by atoms with Crippen LogP contribution in [-0.4, -0.2) is 30.9 Å². The normalized spacial score (nSPS) is 13.7. The van der Waals surface area contributed by atoms with Gasteiger partial charge >= 0.3 is 0 Å². The maximum atomic E-state index is 9.77. The molecule has 1 aromatic rings. The highest BCUT2D eigenvalue weighted by atomic mass is 16.5. The molecule has 0 aromatic heterocycles. The van der Waals surface area contributed by atoms with Gasteiger partial charge in [0.15, 0.2) is 0 Å². The van der Waals surface area contributed by atoms with E-state index in [-0.39, 0.29) is 6.10 Å². The standard InChI is InChI=1S/C16H23NO2/c1-3-4-8-11-17-12-16(18)13-19-14(2)15-9-6-5-7-10-15/h1,5-7,9-10,14,16-18H,4,8,11-13H2,2H3. The smallest absolute Gasteiger partial charge is 0.0897 e. The Hall–Kier alpha value is -1.34. The molecular formula is C16H23NO2. The number of hydrogen-bond donors (Lipinski definition) is 2. The molecule has 2 atom stereocenters. The Balaban J connectivity index is 2.13. The van der Waals surface area contributed by atoms with E-state index in [1.807, 2.05) is 37.3 Å². The summed E-state index contributed by atoms with van der Waals surface area (Å²) < 4.78 is 5.65. The number of aliphatic hydroxyl groups excluding tert-OH is 1. The van der Waals surface area contributed by atoms with Gasteiger partial charge in [-0.1, -0.05) is 30.3 Å². The first kappa shape index (κ1) is 15.7. The molecule has 1 aromatic carbocycles. The third-order valence-electron chi connectivity index (χ3n) is 2.86. The zero-order chi connectivity index (χ0) is 13.9. The predicted molar refractivity (Wildman–Crippen MR) is 77.8 cm³/mol. The van der Waals surface area contributed by atoms with Crippen molar-refractivity contribution >= 4 is 0 Å². The molecule has 3 nitrogen and oxygen atoms in total. The Kier molecular flexibility index (Phi) is 7.92. The second-order valence-electron chi connectivity index (χ2n) is 4.55. The van der Waals surface area contributed by atoms with Crippen molar-refractivity contribution in [1.29, 1.82) is 0 Å². The summed E-state index contributed by atoms with van der Waals surface area (Å²) in [7, 11) is 0. The van der Waals surface area contributed by atoms with Crippen LogP contribution in [0.15, 0.2) is 30.3 Å². The Morgan fingerprint density at radius 2 is 2.11 bits per heavy atom. The van der Waals surface area contributed by atoms with E-state index in [4.69, 9.17) is 11.2 Å². The molecule has 0 amide bonds. The number of ether oxygens (including phenoxy) is 1. The summed E-state index contributed by atoms with van der Waals surface area (Å²) in [6, 6.07) is 9.99. The van der Waals surface area contributed by atoms with E-state index in [0.29, 0.717) is 13.2 Å². The fourth-order valence-corrected chi connectivity index (χ4v) is 1.72. The fourth-order valence-electron chi connectivity index (χ4n) is 1.72. The highest BCUT2D eigenvalue weighted by Gasteiger charge is 2.09. The minimum atomic E-state index is -0.489. The van der Waals surface area contributed by atoms with E-state index in [0.717, 1.165) is 24.9 Å². The molecule has 0 saturated carbocycles. The summed E-state index contributed by atoms with van der Waals surface area (Å²) in [6.45, 7) is 3.68. The molecule has 0 fully saturated rings. The van der Waals surface area contributed by atoms with Crippen LogP contribution in [0.25, 0.3) is 0 Å². The van der Waals surface area contributed by atoms with Crippen molar-refractivity contribution in [2.45, 2.75) is 32.0 Å². The molecule has 3 heteroatoms. The van der Waals surface area contributed by atoms with E-state index in [1.165, 1.54) is 0 Å². The average Bonchev–Trinajstić information content (AvgIpc) is 2.45. The van der Waals surface area contributed by atoms with Crippen molar-refractivity contribution in [2.24, 2.45) is 0 Å². The minimum Gasteiger partial charge on any atom is -0.389 e. The monoisotopic (exact) mass is 261 g/mol. The lowest BCUT2D eigenvalue weighted by Crippen LogP contribution is -2.31. The summed E-state index contributed by atoms with van der Waals surface area (Å²) in [4.78, 5) is 0. The molecule has 19 heavy (non-hydrogen) atoms. The summed E-state index contributed by atoms with van der Waals surface area (Å²) in [6.07, 6.45) is 6.37. The number of rotatable bonds is 9. The Labute approximate surface area is 116 Å². The second-order valence-corrected chi connectivity index (χ2v) is 4.55. The van der Waals surface area contributed by atoms with E-state index in [1.54, 1.807) is 0 Å². The van der Waals surface area contributed by atoms with Gasteiger partial charge in [0.1, 0.15) is 0 Å². The molecule has 0 aliphatic carbocycles. The summed E-state index contributed by atoms with van der Waals surface area (Å²) >= 11 is 0. The lowest BCUT2D eigenvalue weighted by atomic mass is 10.1. The lowest BCUT2D eigenvalue weighted by Gasteiger charge is -2.17. The van der Waals surface area contributed by atoms with Gasteiger partial charge in [0, 0.05) is 13.0 Å². The van der Waals surface area contributed by atoms with Crippen LogP contribution in [0.3, 0.4) is 0 Å². The van der Waals surface area contributed by atoms with Crippen LogP contribution in [0, 0.1) is 12.3 Å². The van der Waals surface area contributed by atoms with Crippen LogP contribution >= 0.6 is 0 Å². The third kappa shape index (κ3) is 6.97. The zero-order valence-corrected chi connectivity index (χ0v) is 11.5. The van der Waals surface area contributed by atoms with E-state index in [2.05, 4.69) is 11.2 Å². The van der Waals surface area contributed by atoms with Crippen LogP contribution in [0.5, 0.6) is 0 Å². The number of hydrogen-bond acceptors (Lipinski definition) is 3. The number of terminal acetylenes is 1. The van der Waals surface area contributed by atoms with Gasteiger partial charge in [0.05, 0.1) is 18.8 Å². The van der Waals surface area contributed by atoms with Gasteiger partial charge in [-0.25, -0.2) is 0 Å². The average molecular weight is 261 g/mol. The molecule has 2 N–H and O–H groups in total. The highest BCUT2D eigenvalue weighted by molar-refractivity contribution is 5.16. The number of nitrogens with one attached hydrogen (secondary N) is 1. The maximum absolute atomic E-state index is 9.77. The first-order chi connectivity index (χ1) is 9.24. The van der Waals surface area contributed by atoms with E-state index >= 15 is 0 Å². The highest BCUT2D eigenvalue weighted by Crippen LogP contribution is 2.15. The molecular weight excluding hydrogens is 238 g/mol. The SMILES string of the molecule is C#CCCCNCC(O)COC(C)c1ccccc1. The van der Waals surface area contributed by atoms with E-state index < -0.39 is 6.10 Å². The van der Waals surface area contributed by atoms with Crippen molar-refractivity contribution in [3.05, 3.63) is 35.9 Å². The minimum absolute atomic E-state index is 0.00251. The van der Waals surface area contributed by atoms with Crippen LogP contribution in [0.2, 0.25) is 0 Å². The van der Waals surface area contributed by atoms with Gasteiger partial charge < -0.3 is 15.2 Å². The number of aliphatic hydroxyl groups is 1. The van der Waals surface area contributed by atoms with Gasteiger partial charge in [-0.3, -0.25) is 0 Å². The molecule has 0 radical (unpaired) electrons. The van der Waals surface area contributed by atoms with Crippen molar-refractivity contribution in [3.8, 4) is 12.3 Å². The lowest BCUT2D eigenvalue weighted by molar-refractivity contribution is -0.00195. The molecule has 0 saturated heterocycles. The molecule has 0 bridgehead atoms. The van der Waals surface area contributed by atoms with Crippen molar-refractivity contribution in [1.82, 2.24) is 5.32 Å². The molecule has 1 rings (SSSR count). The first-order valence-corrected chi connectivity index (χ1v) is 6.73. The molecule has 2 unspecified atom stereocenters. The summed E-state index contributed by atoms with van der Waals surface area (Å²) in [5.74, 6) is 2.59. The number of benzene rings is 1. The maximum Gasteiger partial charge on any atom is 0.0897 e. The Morgan fingerprint density at radius 3 is 2.79 bits per heavy atom. The summed E-state index contributed by atoms with van der Waals surface area (Å²) in [5, 5.41) is 12.9. The van der Waals surface area contributed by atoms with Crippen molar-refractivity contribution in [3.63, 3.8) is 0 Å². The zero-order valence-electron chi connectivity index (χ0n) is 11.5. The molecule has 0 aliphatic heterocycles. The fraction of sp³-hybridized carbons (Fsp3) is 0.500. The van der Waals surface area contributed by atoms with Gasteiger partial charge in [0.2, 0.25) is 0 Å². The van der Waals surface area contributed by atoms with Crippen molar-refractivity contribution < 1.29 is 9.84 Å². The van der Waals surface area contributed by atoms with Gasteiger partial charge in [0.25, 0.3) is 0 Å². The Morgan fingerprint density at radius 1 is 1.37 bits per heavy atom. The third-order valence-corrected chi connectivity index (χ3v) is 2.86. The predicted octanol–water partition coefficient (Wildman–Crippen LogP) is 2.13. The van der Waals surface area contributed by atoms with Crippen LogP contribution in [0.4, 0.5) is 0 Å². The van der Waals surface area contributed by atoms with Crippen LogP contribution in [-0.2, 0) is 4.74 Å². The molecule has 0 aliphatic rings. The van der Waals surface area contributed by atoms with E-state index in [9.17, 15) is 5.11 Å². The first-order valence-electron chi connectivity index (χ1n) is 6.73. The molecule has 104 valence electrons. The van der Waals surface area contributed by atoms with Gasteiger partial charge in [-0.2, -0.15) is 0 Å². The van der Waals surface area contributed by atoms with Crippen molar-refractivity contribution in [2.75, 3.05) is 19.7 Å². The number of unbranched alkanes of at least 4 members (excludes halogenated alkanes) is 1. The van der Waals surface area contributed by atoms with Crippen LogP contribution < -0.4 is 5.32 Å². The molecule has 0 spiro atoms. The van der Waals surface area contributed by atoms with Crippen LogP contribution in [0.1, 0.15) is 31.4 Å². The summed E-state index contributed by atoms with van der Waals surface area (Å²) in [5.41, 5.74) is 1.12. The molecule has 0 heterocycles. The Bertz CT molecular complexity index is 372. The topological polar surface area (TPSA) is 41.5 Å². The van der Waals surface area contributed by atoms with Gasteiger partial charge in [-0.05, 0) is 25.5 Å². The largest absolute Gasteiger partial charge is 0.389 e. The quantitative estimate of drug-likeness (QED) is 0.528.